The van der Waals surface area contributed by atoms with Crippen LogP contribution in [-0.4, -0.2) is 17.7 Å². The summed E-state index contributed by atoms with van der Waals surface area (Å²) in [6, 6.07) is 13.7. The highest BCUT2D eigenvalue weighted by atomic mass is 35.5. The predicted molar refractivity (Wildman–Crippen MR) is 90.8 cm³/mol. The van der Waals surface area contributed by atoms with Crippen LogP contribution in [0.3, 0.4) is 0 Å². The number of anilines is 1. The fourth-order valence-electron chi connectivity index (χ4n) is 2.54. The first-order chi connectivity index (χ1) is 11.5. The van der Waals surface area contributed by atoms with E-state index in [9.17, 15) is 14.4 Å². The van der Waals surface area contributed by atoms with E-state index < -0.39 is 0 Å². The molecule has 0 radical (unpaired) electrons. The molecule has 2 aromatic carbocycles. The van der Waals surface area contributed by atoms with E-state index >= 15 is 0 Å². The smallest absolute Gasteiger partial charge is 0.251 e. The quantitative estimate of drug-likeness (QED) is 0.869. The number of imide groups is 1. The van der Waals surface area contributed by atoms with Gasteiger partial charge >= 0.3 is 0 Å². The van der Waals surface area contributed by atoms with E-state index in [0.29, 0.717) is 22.8 Å². The molecule has 1 aliphatic rings. The van der Waals surface area contributed by atoms with Crippen LogP contribution in [0.2, 0.25) is 5.02 Å². The van der Waals surface area contributed by atoms with Gasteiger partial charge in [0.15, 0.2) is 0 Å². The van der Waals surface area contributed by atoms with Crippen molar-refractivity contribution in [3.63, 3.8) is 0 Å². The Morgan fingerprint density at radius 1 is 1.04 bits per heavy atom. The molecule has 0 aliphatic carbocycles. The summed E-state index contributed by atoms with van der Waals surface area (Å²) in [6.07, 6.45) is 0.428. The van der Waals surface area contributed by atoms with Crippen molar-refractivity contribution in [3.05, 3.63) is 64.7 Å². The van der Waals surface area contributed by atoms with Crippen LogP contribution in [0.15, 0.2) is 48.5 Å². The average molecular weight is 343 g/mol. The summed E-state index contributed by atoms with van der Waals surface area (Å²) >= 11 is 5.83. The molecule has 0 spiro atoms. The van der Waals surface area contributed by atoms with Crippen LogP contribution >= 0.6 is 11.6 Å². The Bertz CT molecular complexity index is 786. The van der Waals surface area contributed by atoms with Gasteiger partial charge in [-0.05, 0) is 35.9 Å². The lowest BCUT2D eigenvalue weighted by molar-refractivity contribution is -0.121. The molecule has 0 atom stereocenters. The molecule has 3 amide bonds. The van der Waals surface area contributed by atoms with E-state index in [1.165, 1.54) is 0 Å². The van der Waals surface area contributed by atoms with Crippen LogP contribution in [-0.2, 0) is 16.1 Å². The lowest BCUT2D eigenvalue weighted by Crippen LogP contribution is -2.29. The third kappa shape index (κ3) is 3.46. The first-order valence-electron chi connectivity index (χ1n) is 7.53. The summed E-state index contributed by atoms with van der Waals surface area (Å²) in [7, 11) is 0. The standard InChI is InChI=1S/C18H15ClN2O3/c19-14-6-4-12(5-7-14)11-20-18(24)13-2-1-3-15(10-13)21-16(22)8-9-17(21)23/h1-7,10H,8-9,11H2,(H,20,24). The highest BCUT2D eigenvalue weighted by Crippen LogP contribution is 2.23. The zero-order valence-electron chi connectivity index (χ0n) is 12.8. The molecular weight excluding hydrogens is 328 g/mol. The zero-order valence-corrected chi connectivity index (χ0v) is 13.5. The van der Waals surface area contributed by atoms with Gasteiger partial charge in [-0.1, -0.05) is 29.8 Å². The fourth-order valence-corrected chi connectivity index (χ4v) is 2.66. The molecule has 5 nitrogen and oxygen atoms in total. The summed E-state index contributed by atoms with van der Waals surface area (Å²) < 4.78 is 0. The molecule has 0 aromatic heterocycles. The number of carbonyl (C=O) groups is 3. The molecule has 0 bridgehead atoms. The third-order valence-electron chi connectivity index (χ3n) is 3.78. The number of nitrogens with one attached hydrogen (secondary N) is 1. The van der Waals surface area contributed by atoms with Crippen molar-refractivity contribution < 1.29 is 14.4 Å². The topological polar surface area (TPSA) is 66.5 Å². The van der Waals surface area contributed by atoms with Crippen LogP contribution < -0.4 is 10.2 Å². The Kier molecular flexibility index (Phi) is 4.62. The molecule has 1 heterocycles. The number of benzene rings is 2. The van der Waals surface area contributed by atoms with Crippen LogP contribution in [0, 0.1) is 0 Å². The van der Waals surface area contributed by atoms with Gasteiger partial charge in [-0.25, -0.2) is 0 Å². The van der Waals surface area contributed by atoms with Crippen molar-refractivity contribution in [2.45, 2.75) is 19.4 Å². The summed E-state index contributed by atoms with van der Waals surface area (Å²) in [4.78, 5) is 37.0. The molecule has 1 saturated heterocycles. The number of hydrogen-bond acceptors (Lipinski definition) is 3. The number of halogens is 1. The van der Waals surface area contributed by atoms with E-state index in [4.69, 9.17) is 11.6 Å². The second-order valence-corrected chi connectivity index (χ2v) is 5.92. The molecule has 1 N–H and O–H groups in total. The maximum absolute atomic E-state index is 12.3. The first kappa shape index (κ1) is 16.2. The summed E-state index contributed by atoms with van der Waals surface area (Å²) in [6.45, 7) is 0.363. The van der Waals surface area contributed by atoms with Crippen molar-refractivity contribution in [3.8, 4) is 0 Å². The van der Waals surface area contributed by atoms with Gasteiger partial charge < -0.3 is 5.32 Å². The van der Waals surface area contributed by atoms with Gasteiger partial charge in [0.2, 0.25) is 11.8 Å². The molecule has 3 rings (SSSR count). The van der Waals surface area contributed by atoms with Crippen molar-refractivity contribution in [2.75, 3.05) is 4.90 Å². The molecular formula is C18H15ClN2O3. The van der Waals surface area contributed by atoms with Crippen molar-refractivity contribution in [1.29, 1.82) is 0 Å². The van der Waals surface area contributed by atoms with Gasteiger partial charge in [0.05, 0.1) is 5.69 Å². The van der Waals surface area contributed by atoms with Gasteiger partial charge in [-0.15, -0.1) is 0 Å². The van der Waals surface area contributed by atoms with Crippen molar-refractivity contribution in [1.82, 2.24) is 5.32 Å². The van der Waals surface area contributed by atoms with Gasteiger partial charge in [-0.2, -0.15) is 0 Å². The lowest BCUT2D eigenvalue weighted by atomic mass is 10.1. The summed E-state index contributed by atoms with van der Waals surface area (Å²) in [5, 5.41) is 3.44. The second kappa shape index (κ2) is 6.84. The van der Waals surface area contributed by atoms with E-state index in [-0.39, 0.29) is 30.6 Å². The molecule has 122 valence electrons. The molecule has 1 fully saturated rings. The maximum atomic E-state index is 12.3. The Balaban J connectivity index is 1.71. The molecule has 1 aliphatic heterocycles. The molecule has 0 unspecified atom stereocenters. The predicted octanol–water partition coefficient (Wildman–Crippen LogP) is 2.92. The Morgan fingerprint density at radius 2 is 1.71 bits per heavy atom. The normalized spacial score (nSPS) is 14.1. The van der Waals surface area contributed by atoms with Gasteiger partial charge in [0.1, 0.15) is 0 Å². The summed E-state index contributed by atoms with van der Waals surface area (Å²) in [5.74, 6) is -0.747. The number of nitrogens with zero attached hydrogens (tertiary/aromatic N) is 1. The van der Waals surface area contributed by atoms with Crippen molar-refractivity contribution in [2.24, 2.45) is 0 Å². The number of rotatable bonds is 4. The maximum Gasteiger partial charge on any atom is 0.251 e. The lowest BCUT2D eigenvalue weighted by Gasteiger charge is -2.14. The van der Waals surface area contributed by atoms with Gasteiger partial charge in [-0.3, -0.25) is 19.3 Å². The fraction of sp³-hybridized carbons (Fsp3) is 0.167. The van der Waals surface area contributed by atoms with E-state index in [1.807, 2.05) is 12.1 Å². The average Bonchev–Trinajstić information content (AvgIpc) is 2.93. The van der Waals surface area contributed by atoms with Crippen LogP contribution in [0.1, 0.15) is 28.8 Å². The second-order valence-electron chi connectivity index (χ2n) is 5.48. The van der Waals surface area contributed by atoms with Crippen molar-refractivity contribution >= 4 is 35.0 Å². The highest BCUT2D eigenvalue weighted by molar-refractivity contribution is 6.30. The first-order valence-corrected chi connectivity index (χ1v) is 7.91. The van der Waals surface area contributed by atoms with Gasteiger partial charge in [0, 0.05) is 30.0 Å². The van der Waals surface area contributed by atoms with Gasteiger partial charge in [0.25, 0.3) is 5.91 Å². The number of carbonyl (C=O) groups excluding carboxylic acids is 3. The third-order valence-corrected chi connectivity index (χ3v) is 4.04. The minimum Gasteiger partial charge on any atom is -0.348 e. The number of hydrogen-bond donors (Lipinski definition) is 1. The van der Waals surface area contributed by atoms with Crippen LogP contribution in [0.25, 0.3) is 0 Å². The minimum absolute atomic E-state index is 0.214. The Morgan fingerprint density at radius 3 is 2.38 bits per heavy atom. The minimum atomic E-state index is -0.272. The van der Waals surface area contributed by atoms with E-state index in [0.717, 1.165) is 10.5 Å². The summed E-state index contributed by atoms with van der Waals surface area (Å²) in [5.41, 5.74) is 1.75. The monoisotopic (exact) mass is 342 g/mol. The molecule has 24 heavy (non-hydrogen) atoms. The Hall–Kier alpha value is -2.66. The SMILES string of the molecule is O=C(NCc1ccc(Cl)cc1)c1cccc(N2C(=O)CCC2=O)c1. The molecule has 6 heteroatoms. The van der Waals surface area contributed by atoms with Crippen LogP contribution in [0.4, 0.5) is 5.69 Å². The largest absolute Gasteiger partial charge is 0.348 e. The van der Waals surface area contributed by atoms with Crippen LogP contribution in [0.5, 0.6) is 0 Å². The van der Waals surface area contributed by atoms with E-state index in [1.54, 1.807) is 36.4 Å². The molecule has 2 aromatic rings. The molecule has 0 saturated carbocycles. The number of amides is 3. The zero-order chi connectivity index (χ0) is 17.1. The Labute approximate surface area is 144 Å². The highest BCUT2D eigenvalue weighted by Gasteiger charge is 2.30. The van der Waals surface area contributed by atoms with E-state index in [2.05, 4.69) is 5.32 Å².